The molecule has 0 aromatic rings. The van der Waals surface area contributed by atoms with Crippen LogP contribution >= 0.6 is 0 Å². The monoisotopic (exact) mass is 227 g/mol. The molecule has 0 saturated heterocycles. The second kappa shape index (κ2) is 8.08. The molecule has 0 radical (unpaired) electrons. The van der Waals surface area contributed by atoms with Crippen LogP contribution in [0.25, 0.3) is 0 Å². The summed E-state index contributed by atoms with van der Waals surface area (Å²) >= 11 is 0. The maximum Gasteiger partial charge on any atom is 0.0667 e. The summed E-state index contributed by atoms with van der Waals surface area (Å²) in [5.41, 5.74) is 0. The minimum Gasteiger partial charge on any atom is -0.392 e. The fourth-order valence-corrected chi connectivity index (χ4v) is 2.65. The average molecular weight is 227 g/mol. The predicted molar refractivity (Wildman–Crippen MR) is 69.5 cm³/mol. The van der Waals surface area contributed by atoms with E-state index in [4.69, 9.17) is 0 Å². The van der Waals surface area contributed by atoms with Crippen molar-refractivity contribution in [1.82, 2.24) is 5.32 Å². The Hall–Kier alpha value is -0.0800. The zero-order valence-corrected chi connectivity index (χ0v) is 11.0. The lowest BCUT2D eigenvalue weighted by Crippen LogP contribution is -2.31. The van der Waals surface area contributed by atoms with E-state index in [1.165, 1.54) is 38.5 Å². The highest BCUT2D eigenvalue weighted by Gasteiger charge is 2.12. The van der Waals surface area contributed by atoms with E-state index in [1.807, 2.05) is 0 Å². The van der Waals surface area contributed by atoms with Crippen molar-refractivity contribution in [3.05, 3.63) is 0 Å². The van der Waals surface area contributed by atoms with Crippen LogP contribution in [0.4, 0.5) is 0 Å². The van der Waals surface area contributed by atoms with Gasteiger partial charge < -0.3 is 10.4 Å². The van der Waals surface area contributed by atoms with Crippen LogP contribution in [0.1, 0.15) is 58.8 Å². The van der Waals surface area contributed by atoms with Crippen molar-refractivity contribution in [2.24, 2.45) is 11.8 Å². The van der Waals surface area contributed by atoms with Crippen LogP contribution in [0.3, 0.4) is 0 Å². The Balaban J connectivity index is 2.04. The molecule has 16 heavy (non-hydrogen) atoms. The molecule has 1 atom stereocenters. The van der Waals surface area contributed by atoms with Crippen LogP contribution in [-0.4, -0.2) is 24.3 Å². The van der Waals surface area contributed by atoms with Gasteiger partial charge in [-0.3, -0.25) is 0 Å². The molecule has 1 fully saturated rings. The van der Waals surface area contributed by atoms with Gasteiger partial charge in [0.25, 0.3) is 0 Å². The second-order valence-corrected chi connectivity index (χ2v) is 5.80. The van der Waals surface area contributed by atoms with Crippen molar-refractivity contribution in [2.45, 2.75) is 64.9 Å². The van der Waals surface area contributed by atoms with E-state index in [2.05, 4.69) is 19.2 Å². The Morgan fingerprint density at radius 2 is 1.75 bits per heavy atom. The molecule has 1 aliphatic carbocycles. The van der Waals surface area contributed by atoms with Crippen LogP contribution in [0, 0.1) is 11.8 Å². The van der Waals surface area contributed by atoms with E-state index < -0.39 is 0 Å². The normalized spacial score (nSPS) is 21.0. The van der Waals surface area contributed by atoms with Crippen LogP contribution in [0.2, 0.25) is 0 Å². The van der Waals surface area contributed by atoms with Gasteiger partial charge in [0.05, 0.1) is 6.10 Å². The molecule has 1 aliphatic rings. The number of rotatable bonds is 6. The van der Waals surface area contributed by atoms with Crippen molar-refractivity contribution in [2.75, 3.05) is 13.1 Å². The third-order valence-corrected chi connectivity index (χ3v) is 3.53. The van der Waals surface area contributed by atoms with Gasteiger partial charge in [-0.1, -0.05) is 39.5 Å². The third-order valence-electron chi connectivity index (χ3n) is 3.53. The summed E-state index contributed by atoms with van der Waals surface area (Å²) < 4.78 is 0. The fourth-order valence-electron chi connectivity index (χ4n) is 2.65. The number of nitrogens with one attached hydrogen (secondary N) is 1. The van der Waals surface area contributed by atoms with E-state index in [0.717, 1.165) is 25.4 Å². The minimum atomic E-state index is -0.161. The first-order chi connectivity index (χ1) is 7.68. The SMILES string of the molecule is CC(C)CC(O)CNCC1CCCCCC1. The second-order valence-electron chi connectivity index (χ2n) is 5.80. The first-order valence-corrected chi connectivity index (χ1v) is 7.07. The summed E-state index contributed by atoms with van der Waals surface area (Å²) in [6.07, 6.45) is 9.17. The van der Waals surface area contributed by atoms with Gasteiger partial charge in [-0.15, -0.1) is 0 Å². The predicted octanol–water partition coefficient (Wildman–Crippen LogP) is 2.95. The maximum absolute atomic E-state index is 9.74. The van der Waals surface area contributed by atoms with Gasteiger partial charge in [0, 0.05) is 6.54 Å². The fraction of sp³-hybridized carbons (Fsp3) is 1.00. The van der Waals surface area contributed by atoms with E-state index in [0.29, 0.717) is 5.92 Å². The topological polar surface area (TPSA) is 32.3 Å². The molecule has 0 aliphatic heterocycles. The number of aliphatic hydroxyl groups is 1. The zero-order valence-electron chi connectivity index (χ0n) is 11.0. The van der Waals surface area contributed by atoms with Crippen molar-refractivity contribution in [1.29, 1.82) is 0 Å². The molecule has 0 aromatic carbocycles. The van der Waals surface area contributed by atoms with Gasteiger partial charge in [-0.25, -0.2) is 0 Å². The van der Waals surface area contributed by atoms with E-state index in [-0.39, 0.29) is 6.10 Å². The van der Waals surface area contributed by atoms with Crippen LogP contribution < -0.4 is 5.32 Å². The van der Waals surface area contributed by atoms with Gasteiger partial charge in [0.1, 0.15) is 0 Å². The highest BCUT2D eigenvalue weighted by atomic mass is 16.3. The van der Waals surface area contributed by atoms with E-state index >= 15 is 0 Å². The summed E-state index contributed by atoms with van der Waals surface area (Å²) in [6, 6.07) is 0. The van der Waals surface area contributed by atoms with Gasteiger partial charge in [0.15, 0.2) is 0 Å². The van der Waals surface area contributed by atoms with Crippen LogP contribution in [0.15, 0.2) is 0 Å². The molecule has 0 amide bonds. The molecule has 0 heterocycles. The van der Waals surface area contributed by atoms with Crippen molar-refractivity contribution in [3.63, 3.8) is 0 Å². The van der Waals surface area contributed by atoms with E-state index in [1.54, 1.807) is 0 Å². The van der Waals surface area contributed by atoms with Crippen molar-refractivity contribution in [3.8, 4) is 0 Å². The lowest BCUT2D eigenvalue weighted by atomic mass is 10.00. The molecule has 2 nitrogen and oxygen atoms in total. The summed E-state index contributed by atoms with van der Waals surface area (Å²) in [4.78, 5) is 0. The highest BCUT2D eigenvalue weighted by molar-refractivity contribution is 4.69. The molecular formula is C14H29NO. The molecule has 1 rings (SSSR count). The van der Waals surface area contributed by atoms with Crippen LogP contribution in [0.5, 0.6) is 0 Å². The summed E-state index contributed by atoms with van der Waals surface area (Å²) in [5, 5.41) is 13.2. The van der Waals surface area contributed by atoms with Crippen molar-refractivity contribution >= 4 is 0 Å². The zero-order chi connectivity index (χ0) is 11.8. The number of aliphatic hydroxyl groups excluding tert-OH is 1. The molecule has 2 N–H and O–H groups in total. The first kappa shape index (κ1) is 14.0. The molecule has 0 aromatic heterocycles. The molecule has 1 saturated carbocycles. The first-order valence-electron chi connectivity index (χ1n) is 7.07. The average Bonchev–Trinajstić information content (AvgIpc) is 2.45. The molecule has 2 heteroatoms. The highest BCUT2D eigenvalue weighted by Crippen LogP contribution is 2.22. The summed E-state index contributed by atoms with van der Waals surface area (Å²) in [7, 11) is 0. The maximum atomic E-state index is 9.74. The van der Waals surface area contributed by atoms with Gasteiger partial charge in [-0.05, 0) is 37.6 Å². The van der Waals surface area contributed by atoms with Gasteiger partial charge in [0.2, 0.25) is 0 Å². The lowest BCUT2D eigenvalue weighted by molar-refractivity contribution is 0.144. The third kappa shape index (κ3) is 6.49. The summed E-state index contributed by atoms with van der Waals surface area (Å²) in [5.74, 6) is 1.45. The molecule has 96 valence electrons. The van der Waals surface area contributed by atoms with Crippen molar-refractivity contribution < 1.29 is 5.11 Å². The minimum absolute atomic E-state index is 0.161. The smallest absolute Gasteiger partial charge is 0.0667 e. The van der Waals surface area contributed by atoms with E-state index in [9.17, 15) is 5.11 Å². The summed E-state index contributed by atoms with van der Waals surface area (Å²) in [6.45, 7) is 6.20. The Morgan fingerprint density at radius 1 is 1.12 bits per heavy atom. The number of hydrogen-bond acceptors (Lipinski definition) is 2. The Kier molecular flexibility index (Phi) is 7.06. The quantitative estimate of drug-likeness (QED) is 0.684. The molecule has 0 bridgehead atoms. The van der Waals surface area contributed by atoms with Gasteiger partial charge in [-0.2, -0.15) is 0 Å². The molecular weight excluding hydrogens is 198 g/mol. The largest absolute Gasteiger partial charge is 0.392 e. The number of hydrogen-bond donors (Lipinski definition) is 2. The Morgan fingerprint density at radius 3 is 2.31 bits per heavy atom. The standard InChI is InChI=1S/C14H29NO/c1-12(2)9-14(16)11-15-10-13-7-5-3-4-6-8-13/h12-16H,3-11H2,1-2H3. The lowest BCUT2D eigenvalue weighted by Gasteiger charge is -2.18. The van der Waals surface area contributed by atoms with Gasteiger partial charge >= 0.3 is 0 Å². The van der Waals surface area contributed by atoms with Crippen LogP contribution in [-0.2, 0) is 0 Å². The molecule has 0 spiro atoms. The molecule has 1 unspecified atom stereocenters. The Labute approximate surface area is 101 Å². The Bertz CT molecular complexity index is 162.